The molecule has 8 nitrogen and oxygen atoms in total. The van der Waals surface area contributed by atoms with E-state index in [0.717, 1.165) is 22.8 Å². The molecule has 2 aliphatic heterocycles. The van der Waals surface area contributed by atoms with Gasteiger partial charge in [0.1, 0.15) is 33.7 Å². The van der Waals surface area contributed by atoms with E-state index in [1.807, 2.05) is 48.5 Å². The average Bonchev–Trinajstić information content (AvgIpc) is 3.05. The number of rotatable bonds is 4. The lowest BCUT2D eigenvalue weighted by Crippen LogP contribution is -2.50. The molecule has 0 N–H and O–H groups in total. The summed E-state index contributed by atoms with van der Waals surface area (Å²) >= 11 is 0. The molecule has 0 saturated carbocycles. The zero-order chi connectivity index (χ0) is 23.7. The number of fused-ring (bicyclic) bond motifs is 2. The molecule has 2 aliphatic rings. The van der Waals surface area contributed by atoms with E-state index >= 15 is 0 Å². The van der Waals surface area contributed by atoms with Gasteiger partial charge < -0.3 is 19.1 Å². The third-order valence-electron chi connectivity index (χ3n) is 5.97. The van der Waals surface area contributed by atoms with Crippen molar-refractivity contribution in [2.24, 2.45) is 4.99 Å². The smallest absolute Gasteiger partial charge is 0.247 e. The van der Waals surface area contributed by atoms with Crippen molar-refractivity contribution >= 4 is 21.5 Å². The second-order valence-corrected chi connectivity index (χ2v) is 9.82. The predicted molar refractivity (Wildman–Crippen MR) is 129 cm³/mol. The number of hydrogen-bond acceptors (Lipinski definition) is 7. The first-order valence-electron chi connectivity index (χ1n) is 10.9. The van der Waals surface area contributed by atoms with E-state index in [-0.39, 0.29) is 4.90 Å². The van der Waals surface area contributed by atoms with Crippen molar-refractivity contribution in [1.82, 2.24) is 9.21 Å². The predicted octanol–water partition coefficient (Wildman–Crippen LogP) is 3.89. The van der Waals surface area contributed by atoms with Gasteiger partial charge in [0.2, 0.25) is 10.0 Å². The molecule has 176 valence electrons. The molecule has 3 aromatic rings. The van der Waals surface area contributed by atoms with E-state index in [0.29, 0.717) is 43.4 Å². The second-order valence-electron chi connectivity index (χ2n) is 7.91. The number of sulfonamides is 1. The fourth-order valence-corrected chi connectivity index (χ4v) is 5.77. The highest BCUT2D eigenvalue weighted by Crippen LogP contribution is 2.38. The van der Waals surface area contributed by atoms with Gasteiger partial charge in [-0.15, -0.1) is 0 Å². The third kappa shape index (κ3) is 3.97. The quantitative estimate of drug-likeness (QED) is 0.565. The van der Waals surface area contributed by atoms with Crippen LogP contribution in [-0.4, -0.2) is 63.9 Å². The van der Waals surface area contributed by atoms with Crippen LogP contribution in [0.3, 0.4) is 0 Å². The maximum atomic E-state index is 13.5. The van der Waals surface area contributed by atoms with Gasteiger partial charge in [0.05, 0.1) is 19.8 Å². The molecule has 9 heteroatoms. The molecule has 2 heterocycles. The highest BCUT2D eigenvalue weighted by atomic mass is 32.2. The van der Waals surface area contributed by atoms with E-state index in [1.54, 1.807) is 12.1 Å². The van der Waals surface area contributed by atoms with Gasteiger partial charge in [0.25, 0.3) is 0 Å². The standard InChI is InChI=1S/C25H25N3O5S/c1-31-18-11-12-23(32-2)24(17-18)34(29,30)28-15-13-27(14-16-28)25-19-7-3-5-9-21(19)33-22-10-6-4-8-20(22)26-25/h3-12,17H,13-16H2,1-2H3. The number of ether oxygens (including phenoxy) is 3. The van der Waals surface area contributed by atoms with E-state index in [4.69, 9.17) is 19.2 Å². The zero-order valence-electron chi connectivity index (χ0n) is 19.0. The average molecular weight is 480 g/mol. The zero-order valence-corrected chi connectivity index (χ0v) is 19.8. The van der Waals surface area contributed by atoms with Crippen molar-refractivity contribution in [3.8, 4) is 23.0 Å². The van der Waals surface area contributed by atoms with Crippen LogP contribution in [0.4, 0.5) is 5.69 Å². The summed E-state index contributed by atoms with van der Waals surface area (Å²) in [5, 5.41) is 0. The summed E-state index contributed by atoms with van der Waals surface area (Å²) in [6.07, 6.45) is 0. The summed E-state index contributed by atoms with van der Waals surface area (Å²) in [4.78, 5) is 7.12. The molecule has 0 aliphatic carbocycles. The van der Waals surface area contributed by atoms with Crippen LogP contribution in [0.1, 0.15) is 5.56 Å². The van der Waals surface area contributed by atoms with Gasteiger partial charge in [-0.25, -0.2) is 13.4 Å². The Morgan fingerprint density at radius 1 is 0.853 bits per heavy atom. The maximum Gasteiger partial charge on any atom is 0.247 e. The van der Waals surface area contributed by atoms with Crippen molar-refractivity contribution in [2.75, 3.05) is 40.4 Å². The Bertz CT molecular complexity index is 1350. The van der Waals surface area contributed by atoms with Crippen LogP contribution in [0.25, 0.3) is 0 Å². The van der Waals surface area contributed by atoms with Crippen molar-refractivity contribution in [3.05, 3.63) is 72.3 Å². The van der Waals surface area contributed by atoms with Crippen LogP contribution in [0.15, 0.2) is 76.6 Å². The molecule has 1 saturated heterocycles. The molecule has 0 unspecified atom stereocenters. The van der Waals surface area contributed by atoms with Crippen molar-refractivity contribution in [3.63, 3.8) is 0 Å². The third-order valence-corrected chi connectivity index (χ3v) is 7.89. The fraction of sp³-hybridized carbons (Fsp3) is 0.240. The first-order chi connectivity index (χ1) is 16.5. The van der Waals surface area contributed by atoms with Crippen LogP contribution in [-0.2, 0) is 10.0 Å². The van der Waals surface area contributed by atoms with Gasteiger partial charge in [0.15, 0.2) is 5.75 Å². The van der Waals surface area contributed by atoms with E-state index in [1.165, 1.54) is 24.6 Å². The van der Waals surface area contributed by atoms with Gasteiger partial charge in [-0.1, -0.05) is 24.3 Å². The molecular formula is C25H25N3O5S. The van der Waals surface area contributed by atoms with Gasteiger partial charge in [-0.2, -0.15) is 4.31 Å². The summed E-state index contributed by atoms with van der Waals surface area (Å²) in [6.45, 7) is 1.60. The Balaban J connectivity index is 1.43. The number of hydrogen-bond donors (Lipinski definition) is 0. The highest BCUT2D eigenvalue weighted by Gasteiger charge is 2.33. The first kappa shape index (κ1) is 22.2. The van der Waals surface area contributed by atoms with Crippen LogP contribution in [0.2, 0.25) is 0 Å². The highest BCUT2D eigenvalue weighted by molar-refractivity contribution is 7.89. The molecule has 1 fully saturated rings. The van der Waals surface area contributed by atoms with Crippen molar-refractivity contribution < 1.29 is 22.6 Å². The van der Waals surface area contributed by atoms with E-state index < -0.39 is 10.0 Å². The number of methoxy groups -OCH3 is 2. The van der Waals surface area contributed by atoms with Crippen LogP contribution in [0, 0.1) is 0 Å². The molecule has 0 radical (unpaired) electrons. The number of nitrogens with zero attached hydrogens (tertiary/aromatic N) is 3. The molecule has 0 aromatic heterocycles. The van der Waals surface area contributed by atoms with Gasteiger partial charge in [-0.05, 0) is 36.4 Å². The largest absolute Gasteiger partial charge is 0.497 e. The SMILES string of the molecule is COc1ccc(OC)c(S(=O)(=O)N2CCN(C3=Nc4ccccc4Oc4ccccc43)CC2)c1. The van der Waals surface area contributed by atoms with E-state index in [2.05, 4.69) is 4.90 Å². The molecule has 3 aromatic carbocycles. The number of para-hydroxylation sites is 3. The number of aliphatic imine (C=N–C) groups is 1. The summed E-state index contributed by atoms with van der Waals surface area (Å²) in [7, 11) is -0.808. The monoisotopic (exact) mass is 479 g/mol. The molecule has 5 rings (SSSR count). The van der Waals surface area contributed by atoms with Gasteiger partial charge >= 0.3 is 0 Å². The molecule has 34 heavy (non-hydrogen) atoms. The minimum Gasteiger partial charge on any atom is -0.497 e. The Labute approximate surface area is 199 Å². The molecule has 0 spiro atoms. The lowest BCUT2D eigenvalue weighted by molar-refractivity contribution is 0.265. The second kappa shape index (κ2) is 9.00. The molecule has 0 amide bonds. The Kier molecular flexibility index (Phi) is 5.89. The minimum atomic E-state index is -3.77. The summed E-state index contributed by atoms with van der Waals surface area (Å²) in [6, 6.07) is 20.2. The van der Waals surface area contributed by atoms with Crippen molar-refractivity contribution in [2.45, 2.75) is 4.90 Å². The summed E-state index contributed by atoms with van der Waals surface area (Å²) in [5.74, 6) is 2.94. The summed E-state index contributed by atoms with van der Waals surface area (Å²) in [5.41, 5.74) is 1.62. The van der Waals surface area contributed by atoms with Gasteiger partial charge in [-0.3, -0.25) is 0 Å². The molecule has 0 bridgehead atoms. The lowest BCUT2D eigenvalue weighted by Gasteiger charge is -2.36. The normalized spacial score (nSPS) is 15.9. The number of benzene rings is 3. The van der Waals surface area contributed by atoms with Crippen molar-refractivity contribution in [1.29, 1.82) is 0 Å². The summed E-state index contributed by atoms with van der Waals surface area (Å²) < 4.78 is 45.1. The topological polar surface area (TPSA) is 80.7 Å². The first-order valence-corrected chi connectivity index (χ1v) is 12.4. The van der Waals surface area contributed by atoms with Gasteiger partial charge in [0, 0.05) is 32.2 Å². The Hall–Kier alpha value is -3.56. The van der Waals surface area contributed by atoms with E-state index in [9.17, 15) is 8.42 Å². The van der Waals surface area contributed by atoms with Crippen LogP contribution >= 0.6 is 0 Å². The minimum absolute atomic E-state index is 0.0993. The Morgan fingerprint density at radius 2 is 1.56 bits per heavy atom. The molecular weight excluding hydrogens is 454 g/mol. The van der Waals surface area contributed by atoms with Crippen LogP contribution in [0.5, 0.6) is 23.0 Å². The van der Waals surface area contributed by atoms with Crippen LogP contribution < -0.4 is 14.2 Å². The molecule has 0 atom stereocenters. The number of amidine groups is 1. The maximum absolute atomic E-state index is 13.5. The Morgan fingerprint density at radius 3 is 2.29 bits per heavy atom. The fourth-order valence-electron chi connectivity index (χ4n) is 4.17. The lowest BCUT2D eigenvalue weighted by atomic mass is 10.1. The number of piperazine rings is 1.